The van der Waals surface area contributed by atoms with Crippen LogP contribution in [0.3, 0.4) is 0 Å². The van der Waals surface area contributed by atoms with Crippen LogP contribution in [0.4, 0.5) is 4.79 Å². The Labute approximate surface area is 638 Å². The predicted molar refractivity (Wildman–Crippen MR) is 406 cm³/mol. The summed E-state index contributed by atoms with van der Waals surface area (Å²) in [5.74, 6) is -12.2. The second-order valence-corrected chi connectivity index (χ2v) is 31.3. The summed E-state index contributed by atoms with van der Waals surface area (Å²) in [7, 11) is 14.2. The van der Waals surface area contributed by atoms with Crippen molar-refractivity contribution in [3.63, 3.8) is 0 Å². The number of likely N-dealkylation sites (N-methyl/N-ethyl adjacent to an activating group) is 8. The molecule has 13 atom stereocenters. The minimum Gasteiger partial charge on any atom is -0.462 e. The third-order valence-corrected chi connectivity index (χ3v) is 18.8. The second-order valence-electron chi connectivity index (χ2n) is 31.3. The highest BCUT2D eigenvalue weighted by atomic mass is 16.6. The number of hydrogen-bond donors (Lipinski definition) is 4. The smallest absolute Gasteiger partial charge is 0.410 e. The van der Waals surface area contributed by atoms with Crippen LogP contribution < -0.4 is 21.3 Å². The number of carbonyl (C=O) groups is 14. The van der Waals surface area contributed by atoms with Crippen molar-refractivity contribution in [2.45, 2.75) is 256 Å². The van der Waals surface area contributed by atoms with E-state index in [9.17, 15) is 52.7 Å². The number of ether oxygens (including phenoxy) is 5. The zero-order valence-corrected chi connectivity index (χ0v) is 70.3. The van der Waals surface area contributed by atoms with Crippen molar-refractivity contribution < 1.29 is 90.8 Å². The number of nitrogens with zero attached hydrogens (tertiary/aromatic N) is 8. The van der Waals surface area contributed by atoms with Crippen molar-refractivity contribution in [1.82, 2.24) is 60.5 Å². The minimum absolute atomic E-state index is 0.0536. The molecule has 31 nitrogen and oxygen atoms in total. The van der Waals surface area contributed by atoms with Crippen LogP contribution in [0.25, 0.3) is 0 Å². The first kappa shape index (κ1) is 99.0. The van der Waals surface area contributed by atoms with E-state index in [2.05, 4.69) is 21.3 Å². The number of carbonyl (C=O) groups excluding carboxylic acids is 14. The molecule has 31 heteroatoms. The zero-order valence-electron chi connectivity index (χ0n) is 70.3. The first-order valence-corrected chi connectivity index (χ1v) is 37.3. The third kappa shape index (κ3) is 30.9. The van der Waals surface area contributed by atoms with Gasteiger partial charge >= 0.3 is 18.0 Å². The second kappa shape index (κ2) is 46.4. The van der Waals surface area contributed by atoms with Crippen LogP contribution in [0.15, 0.2) is 12.2 Å². The van der Waals surface area contributed by atoms with E-state index in [0.717, 1.165) is 9.80 Å². The van der Waals surface area contributed by atoms with Gasteiger partial charge in [0.1, 0.15) is 84.8 Å². The molecule has 0 aliphatic rings. The Morgan fingerprint density at radius 2 is 0.925 bits per heavy atom. The standard InChI is InChI=1S/C76H136N12O19/c1-32-34-35-48(13)63(106-53(18)90)62(67(94)79-55(33-2)74(101)105-37-36-81(22)52(17)89)88(29)73(100)60(47(11)12)86(27)71(98)58(40-45(7)8)85(26)70(97)57(39-44(5)6)84(25)68(95)50(15)78-64(91)49(14)77-65(92)56(38-43(3)4)83(24)72(99)59(46(9)10)80-66(93)61(54(41-103-30)42-104-31)87(28)69(96)51(16)82(23)75(102)107-76(19,20)21/h32,34,43-51,54-63H,33,35-42H2,1-31H3,(H,77,92)(H,78,91)(H,79,94)(H,80,93). The van der Waals surface area contributed by atoms with Crippen molar-refractivity contribution in [2.24, 2.45) is 41.4 Å². The predicted octanol–water partition coefficient (Wildman–Crippen LogP) is 4.51. The molecular formula is C76H136N12O19. The van der Waals surface area contributed by atoms with Crippen LogP contribution in [0, 0.1) is 41.4 Å². The van der Waals surface area contributed by atoms with Gasteiger partial charge in [0.05, 0.1) is 19.8 Å². The van der Waals surface area contributed by atoms with Gasteiger partial charge in [-0.05, 0) is 116 Å². The van der Waals surface area contributed by atoms with Gasteiger partial charge in [0.15, 0.2) is 0 Å². The minimum atomic E-state index is -1.58. The molecule has 0 aliphatic heterocycles. The summed E-state index contributed by atoms with van der Waals surface area (Å²) < 4.78 is 27.8. The monoisotopic (exact) mass is 1520 g/mol. The Bertz CT molecular complexity index is 2990. The van der Waals surface area contributed by atoms with Crippen LogP contribution in [-0.2, 0) is 86.0 Å². The zero-order chi connectivity index (χ0) is 83.3. The number of allylic oxidation sites excluding steroid dienone is 2. The van der Waals surface area contributed by atoms with Crippen molar-refractivity contribution in [1.29, 1.82) is 0 Å². The molecule has 0 aromatic heterocycles. The summed E-state index contributed by atoms with van der Waals surface area (Å²) in [6.07, 6.45) is 2.18. The number of hydrogen-bond acceptors (Lipinski definition) is 19. The molecule has 0 aliphatic carbocycles. The Kier molecular flexibility index (Phi) is 43.0. The Hall–Kier alpha value is -7.96. The summed E-state index contributed by atoms with van der Waals surface area (Å²) >= 11 is 0. The Morgan fingerprint density at radius 3 is 1.36 bits per heavy atom. The van der Waals surface area contributed by atoms with Gasteiger partial charge in [0.2, 0.25) is 65.0 Å². The Morgan fingerprint density at radius 1 is 0.477 bits per heavy atom. The third-order valence-electron chi connectivity index (χ3n) is 18.8. The molecule has 0 spiro atoms. The maximum Gasteiger partial charge on any atom is 0.410 e. The van der Waals surface area contributed by atoms with Gasteiger partial charge in [-0.1, -0.05) is 95.2 Å². The fourth-order valence-corrected chi connectivity index (χ4v) is 12.3. The average molecular weight is 1520 g/mol. The molecule has 0 radical (unpaired) electrons. The van der Waals surface area contributed by atoms with Gasteiger partial charge in [0.25, 0.3) is 0 Å². The summed E-state index contributed by atoms with van der Waals surface area (Å²) in [6, 6.07) is -14.1. The van der Waals surface area contributed by atoms with Crippen LogP contribution in [0.1, 0.15) is 178 Å². The van der Waals surface area contributed by atoms with Gasteiger partial charge in [-0.2, -0.15) is 0 Å². The number of esters is 2. The molecule has 4 N–H and O–H groups in total. The van der Waals surface area contributed by atoms with Crippen LogP contribution in [0.2, 0.25) is 0 Å². The molecule has 0 fully saturated rings. The first-order chi connectivity index (χ1) is 49.3. The van der Waals surface area contributed by atoms with Crippen LogP contribution >= 0.6 is 0 Å². The highest BCUT2D eigenvalue weighted by molar-refractivity contribution is 5.99. The molecule has 12 amide bonds. The van der Waals surface area contributed by atoms with Gasteiger partial charge in [-0.3, -0.25) is 62.4 Å². The van der Waals surface area contributed by atoms with Gasteiger partial charge in [0, 0.05) is 90.4 Å². The van der Waals surface area contributed by atoms with E-state index in [1.54, 1.807) is 75.3 Å². The molecule has 0 heterocycles. The largest absolute Gasteiger partial charge is 0.462 e. The maximum atomic E-state index is 15.3. The highest BCUT2D eigenvalue weighted by Gasteiger charge is 2.47. The normalized spacial score (nSPS) is 15.4. The molecule has 13 unspecified atom stereocenters. The number of methoxy groups -OCH3 is 2. The molecule has 107 heavy (non-hydrogen) atoms. The van der Waals surface area contributed by atoms with Gasteiger partial charge in [-0.15, -0.1) is 0 Å². The summed E-state index contributed by atoms with van der Waals surface area (Å²) in [5, 5.41) is 10.9. The lowest BCUT2D eigenvalue weighted by molar-refractivity contribution is -0.164. The number of amides is 12. The lowest BCUT2D eigenvalue weighted by Gasteiger charge is -2.42. The fraction of sp³-hybridized carbons (Fsp3) is 0.789. The molecule has 0 rings (SSSR count). The van der Waals surface area contributed by atoms with E-state index < -0.39 is 179 Å². The summed E-state index contributed by atoms with van der Waals surface area (Å²) in [6.45, 7) is 34.7. The van der Waals surface area contributed by atoms with E-state index in [4.69, 9.17) is 23.7 Å². The lowest BCUT2D eigenvalue weighted by Crippen LogP contribution is -2.63. The van der Waals surface area contributed by atoms with E-state index in [1.807, 2.05) is 47.6 Å². The topological polar surface area (TPSA) is 359 Å². The fourth-order valence-electron chi connectivity index (χ4n) is 12.3. The van der Waals surface area contributed by atoms with Gasteiger partial charge < -0.3 is 79.3 Å². The first-order valence-electron chi connectivity index (χ1n) is 37.3. The van der Waals surface area contributed by atoms with E-state index in [1.165, 1.54) is 135 Å². The highest BCUT2D eigenvalue weighted by Crippen LogP contribution is 2.27. The van der Waals surface area contributed by atoms with Gasteiger partial charge in [-0.25, -0.2) is 9.59 Å². The molecule has 614 valence electrons. The van der Waals surface area contributed by atoms with E-state index in [-0.39, 0.29) is 75.7 Å². The number of rotatable bonds is 44. The molecule has 0 aromatic rings. The quantitative estimate of drug-likeness (QED) is 0.0370. The molecule has 0 bridgehead atoms. The molecule has 0 aromatic carbocycles. The maximum absolute atomic E-state index is 15.3. The SMILES string of the molecule is CC=CCC(C)C(OC(C)=O)C(C(=O)NC(CC)C(=O)OCCN(C)C(C)=O)N(C)C(=O)C(C(C)C)N(C)C(=O)C(CC(C)C)N(C)C(=O)C(CC(C)C)N(C)C(=O)C(C)NC(=O)C(C)NC(=O)C(CC(C)C)N(C)C(=O)C(NC(=O)C(C(COC)COC)N(C)C(=O)C(C)N(C)C(=O)OC(C)(C)C)C(C)C. The van der Waals surface area contributed by atoms with E-state index in [0.29, 0.717) is 6.42 Å². The van der Waals surface area contributed by atoms with Crippen molar-refractivity contribution in [3.05, 3.63) is 12.2 Å². The molecule has 0 saturated heterocycles. The van der Waals surface area contributed by atoms with Crippen molar-refractivity contribution in [3.8, 4) is 0 Å². The van der Waals surface area contributed by atoms with Crippen molar-refractivity contribution >= 4 is 83.0 Å². The summed E-state index contributed by atoms with van der Waals surface area (Å²) in [4.78, 5) is 208. The van der Waals surface area contributed by atoms with E-state index >= 15 is 14.4 Å². The van der Waals surface area contributed by atoms with Crippen molar-refractivity contribution in [2.75, 3.05) is 97.0 Å². The van der Waals surface area contributed by atoms with Crippen LogP contribution in [-0.4, -0.2) is 297 Å². The molecular weight excluding hydrogens is 1380 g/mol. The Balaban J connectivity index is 7.27. The summed E-state index contributed by atoms with van der Waals surface area (Å²) in [5.41, 5.74) is -0.866. The van der Waals surface area contributed by atoms with Crippen LogP contribution in [0.5, 0.6) is 0 Å². The lowest BCUT2D eigenvalue weighted by atomic mass is 9.91. The molecule has 0 saturated carbocycles. The number of nitrogens with one attached hydrogen (secondary N) is 4. The average Bonchev–Trinajstić information content (AvgIpc) is 0.800.